The fourth-order valence-corrected chi connectivity index (χ4v) is 5.34. The summed E-state index contributed by atoms with van der Waals surface area (Å²) in [4.78, 5) is 46.4. The monoisotopic (exact) mass is 615 g/mol. The molecule has 1 fully saturated rings. The molecule has 1 atom stereocenters. The third-order valence-electron chi connectivity index (χ3n) is 7.60. The number of anilines is 1. The number of aliphatic carboxylic acids is 1. The summed E-state index contributed by atoms with van der Waals surface area (Å²) in [5.74, 6) is -0.725. The molecule has 12 heteroatoms. The number of rotatable bonds is 11. The van der Waals surface area contributed by atoms with E-state index < -0.39 is 23.4 Å². The largest absolute Gasteiger partial charge is 0.491 e. The molecular formula is C31H42ClN5O6. The van der Waals surface area contributed by atoms with Crippen LogP contribution in [0.2, 0.25) is 0 Å². The molecule has 0 aliphatic carbocycles. The highest BCUT2D eigenvalue weighted by atomic mass is 35.5. The number of carboxylic acids is 1. The first-order valence-corrected chi connectivity index (χ1v) is 14.5. The first-order valence-electron chi connectivity index (χ1n) is 14.5. The summed E-state index contributed by atoms with van der Waals surface area (Å²) < 4.78 is 11.8. The number of amidine groups is 1. The Kier molecular flexibility index (Phi) is 10.7. The number of benzene rings is 1. The van der Waals surface area contributed by atoms with Crippen molar-refractivity contribution in [3.63, 3.8) is 0 Å². The molecule has 1 aromatic heterocycles. The van der Waals surface area contributed by atoms with Crippen LogP contribution in [-0.4, -0.2) is 77.9 Å². The number of Topliss-reactive ketones (excluding diaryl/α,β-unsaturated/α-hetero) is 1. The maximum Gasteiger partial charge on any atom is 0.344 e. The summed E-state index contributed by atoms with van der Waals surface area (Å²) in [5.41, 5.74) is 2.66. The van der Waals surface area contributed by atoms with Gasteiger partial charge in [-0.1, -0.05) is 27.7 Å². The van der Waals surface area contributed by atoms with Gasteiger partial charge in [-0.2, -0.15) is 0 Å². The Morgan fingerprint density at radius 3 is 2.37 bits per heavy atom. The second kappa shape index (κ2) is 13.6. The van der Waals surface area contributed by atoms with Gasteiger partial charge in [-0.3, -0.25) is 15.0 Å². The Bertz CT molecular complexity index is 1400. The van der Waals surface area contributed by atoms with Gasteiger partial charge < -0.3 is 29.7 Å². The second-order valence-corrected chi connectivity index (χ2v) is 11.7. The Hall–Kier alpha value is -3.86. The standard InChI is InChI=1S/C31H41N5O6.ClH/c1-7-23(30(39)40)42-27-20(31(3,4)5)13-18(14-21(27)35-11-9-10-12-35)22(37)17-36-16-19-15-24(41-8-2)26(29(38)33-6)34-25(19)28(36)32;/h13-15,23,32H,7-12,16-17H2,1-6H3,(H,33,38)(H,39,40);1H. The Morgan fingerprint density at radius 2 is 1.81 bits per heavy atom. The smallest absolute Gasteiger partial charge is 0.344 e. The van der Waals surface area contributed by atoms with Crippen LogP contribution in [0.1, 0.15) is 91.5 Å². The van der Waals surface area contributed by atoms with Gasteiger partial charge in [-0.15, -0.1) is 12.4 Å². The number of aromatic nitrogens is 1. The number of ketones is 1. The number of nitrogens with one attached hydrogen (secondary N) is 2. The van der Waals surface area contributed by atoms with Crippen molar-refractivity contribution in [2.24, 2.45) is 0 Å². The quantitative estimate of drug-likeness (QED) is 0.313. The maximum absolute atomic E-state index is 13.8. The van der Waals surface area contributed by atoms with Crippen molar-refractivity contribution < 1.29 is 29.0 Å². The topological polar surface area (TPSA) is 145 Å². The van der Waals surface area contributed by atoms with Crippen LogP contribution < -0.4 is 19.7 Å². The maximum atomic E-state index is 13.8. The minimum atomic E-state index is -1.03. The number of carboxylic acid groups (broad SMARTS) is 1. The number of hydrogen-bond donors (Lipinski definition) is 3. The fourth-order valence-electron chi connectivity index (χ4n) is 5.34. The van der Waals surface area contributed by atoms with E-state index in [9.17, 15) is 19.5 Å². The molecule has 1 amide bonds. The van der Waals surface area contributed by atoms with Crippen molar-refractivity contribution in [3.8, 4) is 11.5 Å². The lowest BCUT2D eigenvalue weighted by molar-refractivity contribution is -0.145. The van der Waals surface area contributed by atoms with Gasteiger partial charge in [0.15, 0.2) is 23.3 Å². The molecule has 0 saturated carbocycles. The molecule has 2 aliphatic heterocycles. The molecule has 3 heterocycles. The third-order valence-corrected chi connectivity index (χ3v) is 7.60. The molecule has 1 saturated heterocycles. The molecule has 0 radical (unpaired) electrons. The van der Waals surface area contributed by atoms with Crippen molar-refractivity contribution >= 4 is 41.6 Å². The number of carbonyl (C=O) groups is 3. The predicted octanol–water partition coefficient (Wildman–Crippen LogP) is 4.43. The van der Waals surface area contributed by atoms with Crippen LogP contribution in [0.15, 0.2) is 18.2 Å². The van der Waals surface area contributed by atoms with E-state index >= 15 is 0 Å². The zero-order valence-electron chi connectivity index (χ0n) is 25.7. The highest BCUT2D eigenvalue weighted by Gasteiger charge is 2.33. The number of nitrogens with zero attached hydrogens (tertiary/aromatic N) is 3. The van der Waals surface area contributed by atoms with Gasteiger partial charge in [0, 0.05) is 43.4 Å². The number of carbonyl (C=O) groups excluding carboxylic acids is 2. The van der Waals surface area contributed by atoms with E-state index in [1.165, 1.54) is 7.05 Å². The molecular weight excluding hydrogens is 574 g/mol. The van der Waals surface area contributed by atoms with Crippen LogP contribution in [-0.2, 0) is 16.8 Å². The van der Waals surface area contributed by atoms with Crippen LogP contribution in [0, 0.1) is 5.41 Å². The highest BCUT2D eigenvalue weighted by Crippen LogP contribution is 2.42. The van der Waals surface area contributed by atoms with E-state index in [-0.39, 0.29) is 42.8 Å². The van der Waals surface area contributed by atoms with E-state index in [1.54, 1.807) is 30.0 Å². The van der Waals surface area contributed by atoms with E-state index in [0.29, 0.717) is 41.3 Å². The molecule has 2 aliphatic rings. The van der Waals surface area contributed by atoms with Gasteiger partial charge in [-0.05, 0) is 49.8 Å². The lowest BCUT2D eigenvalue weighted by Crippen LogP contribution is -2.32. The zero-order chi connectivity index (χ0) is 30.8. The summed E-state index contributed by atoms with van der Waals surface area (Å²) in [5, 5.41) is 21.1. The van der Waals surface area contributed by atoms with E-state index in [4.69, 9.17) is 14.9 Å². The van der Waals surface area contributed by atoms with Crippen molar-refractivity contribution in [2.75, 3.05) is 38.2 Å². The second-order valence-electron chi connectivity index (χ2n) is 11.7. The summed E-state index contributed by atoms with van der Waals surface area (Å²) in [6.45, 7) is 11.8. The van der Waals surface area contributed by atoms with Crippen molar-refractivity contribution in [1.29, 1.82) is 5.41 Å². The minimum Gasteiger partial charge on any atom is -0.491 e. The molecule has 11 nitrogen and oxygen atoms in total. The van der Waals surface area contributed by atoms with E-state index in [2.05, 4.69) is 15.2 Å². The number of pyridine rings is 1. The average Bonchev–Trinajstić information content (AvgIpc) is 3.58. The summed E-state index contributed by atoms with van der Waals surface area (Å²) >= 11 is 0. The predicted molar refractivity (Wildman–Crippen MR) is 167 cm³/mol. The number of halogens is 1. The van der Waals surface area contributed by atoms with Crippen LogP contribution in [0.25, 0.3) is 0 Å². The molecule has 1 aromatic carbocycles. The molecule has 3 N–H and O–H groups in total. The molecule has 1 unspecified atom stereocenters. The van der Waals surface area contributed by atoms with Crippen molar-refractivity contribution in [1.82, 2.24) is 15.2 Å². The number of hydrogen-bond acceptors (Lipinski definition) is 8. The van der Waals surface area contributed by atoms with Crippen molar-refractivity contribution in [2.45, 2.75) is 71.9 Å². The average molecular weight is 616 g/mol. The molecule has 4 rings (SSSR count). The first kappa shape index (κ1) is 33.6. The van der Waals surface area contributed by atoms with Gasteiger partial charge in [0.2, 0.25) is 0 Å². The fraction of sp³-hybridized carbons (Fsp3) is 0.516. The molecule has 0 spiro atoms. The van der Waals surface area contributed by atoms with E-state index in [1.807, 2.05) is 27.7 Å². The minimum absolute atomic E-state index is 0. The number of amides is 1. The SMILES string of the molecule is CCOc1cc2c(nc1C(=O)NC)C(=N)N(CC(=O)c1cc(N3CCCC3)c(OC(CC)C(=O)O)c(C(C)(C)C)c1)C2.Cl. The van der Waals surface area contributed by atoms with Crippen LogP contribution in [0.4, 0.5) is 5.69 Å². The number of ether oxygens (including phenoxy) is 2. The molecule has 43 heavy (non-hydrogen) atoms. The summed E-state index contributed by atoms with van der Waals surface area (Å²) in [6.07, 6.45) is 1.29. The Morgan fingerprint density at radius 1 is 1.14 bits per heavy atom. The van der Waals surface area contributed by atoms with Gasteiger partial charge in [0.05, 0.1) is 18.8 Å². The first-order chi connectivity index (χ1) is 19.9. The van der Waals surface area contributed by atoms with Gasteiger partial charge in [-0.25, -0.2) is 9.78 Å². The van der Waals surface area contributed by atoms with Crippen molar-refractivity contribution in [3.05, 3.63) is 46.3 Å². The van der Waals surface area contributed by atoms with Gasteiger partial charge in [0.1, 0.15) is 17.3 Å². The third kappa shape index (κ3) is 7.04. The molecule has 0 bridgehead atoms. The number of fused-ring (bicyclic) bond motifs is 1. The summed E-state index contributed by atoms with van der Waals surface area (Å²) in [7, 11) is 1.51. The van der Waals surface area contributed by atoms with Crippen LogP contribution in [0.3, 0.4) is 0 Å². The van der Waals surface area contributed by atoms with Gasteiger partial charge >= 0.3 is 5.97 Å². The summed E-state index contributed by atoms with van der Waals surface area (Å²) in [6, 6.07) is 5.32. The van der Waals surface area contributed by atoms with Crippen LogP contribution in [0.5, 0.6) is 11.5 Å². The zero-order valence-corrected chi connectivity index (χ0v) is 26.5. The molecule has 2 aromatic rings. The lowest BCUT2D eigenvalue weighted by Gasteiger charge is -2.31. The normalized spacial score (nSPS) is 15.1. The van der Waals surface area contributed by atoms with Crippen LogP contribution >= 0.6 is 12.4 Å². The Labute approximate surface area is 258 Å². The Balaban J connectivity index is 0.00000506. The van der Waals surface area contributed by atoms with E-state index in [0.717, 1.165) is 37.2 Å². The van der Waals surface area contributed by atoms with Gasteiger partial charge in [0.25, 0.3) is 5.91 Å². The highest BCUT2D eigenvalue weighted by molar-refractivity contribution is 6.06. The molecule has 234 valence electrons. The lowest BCUT2D eigenvalue weighted by atomic mass is 9.84.